The smallest absolute Gasteiger partial charge is 0.264 e. The Morgan fingerprint density at radius 1 is 0.846 bits per heavy atom. The third-order valence-electron chi connectivity index (χ3n) is 5.94. The summed E-state index contributed by atoms with van der Waals surface area (Å²) in [6.45, 7) is 5.60. The monoisotopic (exact) mass is 541 g/mol. The van der Waals surface area contributed by atoms with E-state index in [1.54, 1.807) is 36.4 Å². The molecule has 0 fully saturated rings. The van der Waals surface area contributed by atoms with Gasteiger partial charge in [0.25, 0.3) is 15.9 Å². The molecule has 0 saturated heterocycles. The predicted molar refractivity (Wildman–Crippen MR) is 155 cm³/mol. The Labute approximate surface area is 229 Å². The van der Waals surface area contributed by atoms with E-state index in [2.05, 4.69) is 10.5 Å². The number of rotatable bonds is 10. The van der Waals surface area contributed by atoms with Crippen molar-refractivity contribution in [2.45, 2.75) is 32.3 Å². The van der Waals surface area contributed by atoms with Gasteiger partial charge in [-0.05, 0) is 73.9 Å². The lowest BCUT2D eigenvalue weighted by Gasteiger charge is -2.24. The quantitative estimate of drug-likeness (QED) is 0.211. The minimum atomic E-state index is -4.02. The third-order valence-corrected chi connectivity index (χ3v) is 7.73. The molecule has 1 N–H and O–H groups in total. The van der Waals surface area contributed by atoms with E-state index in [-0.39, 0.29) is 4.90 Å². The number of sulfonamides is 1. The maximum absolute atomic E-state index is 13.6. The maximum Gasteiger partial charge on any atom is 0.264 e. The molecule has 4 aromatic carbocycles. The van der Waals surface area contributed by atoms with E-state index >= 15 is 0 Å². The standard InChI is InChI=1S/C31H31N3O4S/c1-23-13-15-29(16-14-23)39(36,37)34(28-18-24(2)17-25(3)19-28)21-31(35)33-32-20-27-11-7-8-12-30(27)38-22-26-9-5-4-6-10-26/h4-20H,21-22H2,1-3H3,(H,33,35)/b32-20+. The Bertz CT molecular complexity index is 1550. The van der Waals surface area contributed by atoms with Crippen LogP contribution in [0.4, 0.5) is 5.69 Å². The van der Waals surface area contributed by atoms with Crippen LogP contribution in [0.1, 0.15) is 27.8 Å². The number of aryl methyl sites for hydroxylation is 3. The van der Waals surface area contributed by atoms with Crippen LogP contribution in [-0.4, -0.2) is 27.1 Å². The minimum Gasteiger partial charge on any atom is -0.488 e. The van der Waals surface area contributed by atoms with Crippen molar-refractivity contribution in [3.63, 3.8) is 0 Å². The highest BCUT2D eigenvalue weighted by molar-refractivity contribution is 7.92. The molecule has 0 saturated carbocycles. The Morgan fingerprint density at radius 2 is 1.49 bits per heavy atom. The van der Waals surface area contributed by atoms with Crippen molar-refractivity contribution in [1.29, 1.82) is 0 Å². The van der Waals surface area contributed by atoms with Gasteiger partial charge in [-0.2, -0.15) is 5.10 Å². The van der Waals surface area contributed by atoms with Crippen molar-refractivity contribution < 1.29 is 17.9 Å². The molecule has 0 heterocycles. The van der Waals surface area contributed by atoms with E-state index in [1.807, 2.05) is 81.4 Å². The Hall–Kier alpha value is -4.43. The second-order valence-corrected chi connectivity index (χ2v) is 11.1. The number of nitrogens with one attached hydrogen (secondary N) is 1. The molecule has 4 rings (SSSR count). The number of hydrazone groups is 1. The molecule has 7 nitrogen and oxygen atoms in total. The largest absolute Gasteiger partial charge is 0.488 e. The highest BCUT2D eigenvalue weighted by Gasteiger charge is 2.27. The van der Waals surface area contributed by atoms with E-state index in [0.29, 0.717) is 23.6 Å². The Morgan fingerprint density at radius 3 is 2.18 bits per heavy atom. The second-order valence-electron chi connectivity index (χ2n) is 9.28. The van der Waals surface area contributed by atoms with Gasteiger partial charge in [0.15, 0.2) is 0 Å². The summed E-state index contributed by atoms with van der Waals surface area (Å²) in [4.78, 5) is 13.1. The molecule has 1 amide bonds. The molecule has 0 spiro atoms. The molecular weight excluding hydrogens is 510 g/mol. The normalized spacial score (nSPS) is 11.4. The van der Waals surface area contributed by atoms with Gasteiger partial charge in [-0.15, -0.1) is 0 Å². The minimum absolute atomic E-state index is 0.105. The van der Waals surface area contributed by atoms with Crippen LogP contribution >= 0.6 is 0 Å². The van der Waals surface area contributed by atoms with Gasteiger partial charge >= 0.3 is 0 Å². The van der Waals surface area contributed by atoms with Gasteiger partial charge in [0.05, 0.1) is 16.8 Å². The number of ether oxygens (including phenoxy) is 1. The van der Waals surface area contributed by atoms with Crippen molar-refractivity contribution in [3.05, 3.63) is 125 Å². The first-order chi connectivity index (χ1) is 18.7. The van der Waals surface area contributed by atoms with Gasteiger partial charge in [0.1, 0.15) is 18.9 Å². The summed E-state index contributed by atoms with van der Waals surface area (Å²) >= 11 is 0. The maximum atomic E-state index is 13.6. The van der Waals surface area contributed by atoms with E-state index in [4.69, 9.17) is 4.74 Å². The van der Waals surface area contributed by atoms with E-state index in [0.717, 1.165) is 26.6 Å². The number of amides is 1. The highest BCUT2D eigenvalue weighted by atomic mass is 32.2. The van der Waals surface area contributed by atoms with Crippen molar-refractivity contribution >= 4 is 27.8 Å². The van der Waals surface area contributed by atoms with Crippen LogP contribution in [0.15, 0.2) is 107 Å². The topological polar surface area (TPSA) is 88.1 Å². The number of nitrogens with zero attached hydrogens (tertiary/aromatic N) is 2. The van der Waals surface area contributed by atoms with Crippen LogP contribution in [0.5, 0.6) is 5.75 Å². The summed E-state index contributed by atoms with van der Waals surface area (Å²) in [7, 11) is -4.02. The molecule has 0 unspecified atom stereocenters. The fraction of sp³-hybridized carbons (Fsp3) is 0.161. The molecule has 4 aromatic rings. The molecule has 200 valence electrons. The van der Waals surface area contributed by atoms with Crippen molar-refractivity contribution in [2.24, 2.45) is 5.10 Å². The second kappa shape index (κ2) is 12.4. The average Bonchev–Trinajstić information content (AvgIpc) is 2.91. The lowest BCUT2D eigenvalue weighted by atomic mass is 10.1. The average molecular weight is 542 g/mol. The zero-order valence-electron chi connectivity index (χ0n) is 22.2. The lowest BCUT2D eigenvalue weighted by Crippen LogP contribution is -2.39. The van der Waals surface area contributed by atoms with Gasteiger partial charge in [-0.1, -0.05) is 66.2 Å². The van der Waals surface area contributed by atoms with Gasteiger partial charge < -0.3 is 4.74 Å². The van der Waals surface area contributed by atoms with Crippen LogP contribution in [0.3, 0.4) is 0 Å². The Kier molecular flexibility index (Phi) is 8.78. The summed E-state index contributed by atoms with van der Waals surface area (Å²) < 4.78 is 34.3. The summed E-state index contributed by atoms with van der Waals surface area (Å²) in [5, 5.41) is 4.08. The Balaban J connectivity index is 1.51. The van der Waals surface area contributed by atoms with Gasteiger partial charge in [-0.3, -0.25) is 9.10 Å². The lowest BCUT2D eigenvalue weighted by molar-refractivity contribution is -0.119. The number of anilines is 1. The number of hydrogen-bond donors (Lipinski definition) is 1. The highest BCUT2D eigenvalue weighted by Crippen LogP contribution is 2.26. The number of hydrogen-bond acceptors (Lipinski definition) is 5. The van der Waals surface area contributed by atoms with Gasteiger partial charge in [-0.25, -0.2) is 13.8 Å². The molecule has 8 heteroatoms. The molecular formula is C31H31N3O4S. The van der Waals surface area contributed by atoms with Crippen molar-refractivity contribution in [1.82, 2.24) is 5.43 Å². The molecule has 0 aromatic heterocycles. The number of carbonyl (C=O) groups excluding carboxylic acids is 1. The zero-order chi connectivity index (χ0) is 27.8. The fourth-order valence-electron chi connectivity index (χ4n) is 4.04. The molecule has 0 aliphatic heterocycles. The number of para-hydroxylation sites is 1. The van der Waals surface area contributed by atoms with E-state index in [1.165, 1.54) is 6.21 Å². The molecule has 0 atom stereocenters. The van der Waals surface area contributed by atoms with E-state index in [9.17, 15) is 13.2 Å². The number of benzene rings is 4. The van der Waals surface area contributed by atoms with Crippen LogP contribution < -0.4 is 14.5 Å². The summed E-state index contributed by atoms with van der Waals surface area (Å²) in [5.41, 5.74) is 7.29. The van der Waals surface area contributed by atoms with Crippen LogP contribution in [0, 0.1) is 20.8 Å². The van der Waals surface area contributed by atoms with Gasteiger partial charge in [0, 0.05) is 5.56 Å². The first kappa shape index (κ1) is 27.6. The molecule has 39 heavy (non-hydrogen) atoms. The first-order valence-electron chi connectivity index (χ1n) is 12.5. The number of carbonyl (C=O) groups is 1. The predicted octanol–water partition coefficient (Wildman–Crippen LogP) is 5.54. The zero-order valence-corrected chi connectivity index (χ0v) is 23.0. The fourth-order valence-corrected chi connectivity index (χ4v) is 5.45. The van der Waals surface area contributed by atoms with Gasteiger partial charge in [0.2, 0.25) is 0 Å². The summed E-state index contributed by atoms with van der Waals surface area (Å²) in [5.74, 6) is 0.0296. The van der Waals surface area contributed by atoms with Crippen molar-refractivity contribution in [3.8, 4) is 5.75 Å². The molecule has 0 aliphatic rings. The molecule has 0 radical (unpaired) electrons. The van der Waals surface area contributed by atoms with Crippen LogP contribution in [-0.2, 0) is 21.4 Å². The third kappa shape index (κ3) is 7.33. The van der Waals surface area contributed by atoms with Crippen LogP contribution in [0.25, 0.3) is 0 Å². The van der Waals surface area contributed by atoms with Crippen LogP contribution in [0.2, 0.25) is 0 Å². The SMILES string of the molecule is Cc1ccc(S(=O)(=O)N(CC(=O)N/N=C/c2ccccc2OCc2ccccc2)c2cc(C)cc(C)c2)cc1. The van der Waals surface area contributed by atoms with Crippen molar-refractivity contribution in [2.75, 3.05) is 10.8 Å². The molecule has 0 bridgehead atoms. The summed E-state index contributed by atoms with van der Waals surface area (Å²) in [6, 6.07) is 29.1. The summed E-state index contributed by atoms with van der Waals surface area (Å²) in [6.07, 6.45) is 1.48. The first-order valence-corrected chi connectivity index (χ1v) is 13.9. The molecule has 0 aliphatic carbocycles. The van der Waals surface area contributed by atoms with E-state index < -0.39 is 22.5 Å².